The monoisotopic (exact) mass is 359 g/mol. The van der Waals surface area contributed by atoms with Gasteiger partial charge in [-0.1, -0.05) is 11.6 Å². The maximum Gasteiger partial charge on any atom is 0.270 e. The van der Waals surface area contributed by atoms with Crippen LogP contribution in [-0.4, -0.2) is 16.9 Å². The van der Waals surface area contributed by atoms with Gasteiger partial charge < -0.3 is 9.73 Å². The summed E-state index contributed by atoms with van der Waals surface area (Å²) in [6, 6.07) is 8.92. The van der Waals surface area contributed by atoms with Crippen molar-refractivity contribution in [2.45, 2.75) is 19.9 Å². The van der Waals surface area contributed by atoms with Gasteiger partial charge in [-0.3, -0.25) is 14.9 Å². The zero-order valence-corrected chi connectivity index (χ0v) is 14.2. The van der Waals surface area contributed by atoms with Crippen LogP contribution in [0.5, 0.6) is 0 Å². The Morgan fingerprint density at radius 1 is 1.40 bits per heavy atom. The van der Waals surface area contributed by atoms with Crippen molar-refractivity contribution in [1.82, 2.24) is 5.32 Å². The van der Waals surface area contributed by atoms with Gasteiger partial charge in [0, 0.05) is 29.8 Å². The lowest BCUT2D eigenvalue weighted by Gasteiger charge is -2.06. The number of nitrogens with zero attached hydrogens (tertiary/aromatic N) is 2. The highest BCUT2D eigenvalue weighted by Crippen LogP contribution is 2.32. The normalized spacial score (nSPS) is 11.2. The zero-order valence-electron chi connectivity index (χ0n) is 13.4. The van der Waals surface area contributed by atoms with E-state index in [0.29, 0.717) is 17.1 Å². The summed E-state index contributed by atoms with van der Waals surface area (Å²) in [5, 5.41) is 22.6. The minimum Gasteiger partial charge on any atom is -0.457 e. The molecule has 0 saturated carbocycles. The Hall–Kier alpha value is -3.11. The van der Waals surface area contributed by atoms with E-state index in [-0.39, 0.29) is 22.3 Å². The van der Waals surface area contributed by atoms with Crippen molar-refractivity contribution in [1.29, 1.82) is 5.26 Å². The summed E-state index contributed by atoms with van der Waals surface area (Å²) >= 11 is 6.06. The first kappa shape index (κ1) is 18.2. The molecule has 25 heavy (non-hydrogen) atoms. The van der Waals surface area contributed by atoms with Crippen molar-refractivity contribution in [2.75, 3.05) is 0 Å². The Balaban J connectivity index is 2.31. The van der Waals surface area contributed by atoms with E-state index in [0.717, 1.165) is 0 Å². The van der Waals surface area contributed by atoms with Crippen LogP contribution in [0.4, 0.5) is 5.69 Å². The molecule has 1 amide bonds. The highest BCUT2D eigenvalue weighted by molar-refractivity contribution is 6.33. The molecule has 0 fully saturated rings. The van der Waals surface area contributed by atoms with Crippen LogP contribution in [0.2, 0.25) is 5.02 Å². The number of nitro groups is 1. The highest BCUT2D eigenvalue weighted by atomic mass is 35.5. The summed E-state index contributed by atoms with van der Waals surface area (Å²) in [5.74, 6) is 0.163. The fourth-order valence-corrected chi connectivity index (χ4v) is 2.29. The topological polar surface area (TPSA) is 109 Å². The number of rotatable bonds is 5. The molecule has 128 valence electrons. The Kier molecular flexibility index (Phi) is 5.57. The number of nitrogens with one attached hydrogen (secondary N) is 1. The molecule has 8 heteroatoms. The molecule has 1 heterocycles. The standard InChI is InChI=1S/C17H14ClN3O4/c1-10(2)20-17(22)11(9-19)7-13-4-6-16(25-13)14-5-3-12(21(23)24)8-15(14)18/h3-8,10H,1-2H3,(H,20,22)/b11-7+. The first-order chi connectivity index (χ1) is 11.8. The van der Waals surface area contributed by atoms with E-state index in [1.54, 1.807) is 26.0 Å². The second-order valence-electron chi connectivity index (χ2n) is 5.42. The van der Waals surface area contributed by atoms with Gasteiger partial charge in [0.05, 0.1) is 9.95 Å². The third-order valence-electron chi connectivity index (χ3n) is 3.13. The van der Waals surface area contributed by atoms with E-state index in [4.69, 9.17) is 21.3 Å². The van der Waals surface area contributed by atoms with Gasteiger partial charge in [-0.25, -0.2) is 0 Å². The smallest absolute Gasteiger partial charge is 0.270 e. The second-order valence-corrected chi connectivity index (χ2v) is 5.83. The third-order valence-corrected chi connectivity index (χ3v) is 3.44. The molecule has 0 aliphatic rings. The number of furan rings is 1. The Morgan fingerprint density at radius 3 is 2.68 bits per heavy atom. The fourth-order valence-electron chi connectivity index (χ4n) is 2.02. The molecular formula is C17H14ClN3O4. The fraction of sp³-hybridized carbons (Fsp3) is 0.176. The molecule has 0 saturated heterocycles. The predicted molar refractivity (Wildman–Crippen MR) is 92.7 cm³/mol. The van der Waals surface area contributed by atoms with Crippen molar-refractivity contribution in [2.24, 2.45) is 0 Å². The first-order valence-corrected chi connectivity index (χ1v) is 7.66. The molecule has 1 aromatic carbocycles. The number of halogens is 1. The Bertz CT molecular complexity index is 894. The van der Waals surface area contributed by atoms with Gasteiger partial charge >= 0.3 is 0 Å². The molecule has 1 aromatic heterocycles. The van der Waals surface area contributed by atoms with Crippen molar-refractivity contribution in [3.63, 3.8) is 0 Å². The maximum absolute atomic E-state index is 11.9. The van der Waals surface area contributed by atoms with Gasteiger partial charge in [0.15, 0.2) is 0 Å². The van der Waals surface area contributed by atoms with E-state index >= 15 is 0 Å². The first-order valence-electron chi connectivity index (χ1n) is 7.28. The lowest BCUT2D eigenvalue weighted by atomic mass is 10.1. The van der Waals surface area contributed by atoms with Crippen LogP contribution in [0.3, 0.4) is 0 Å². The molecule has 0 aliphatic heterocycles. The van der Waals surface area contributed by atoms with Crippen LogP contribution in [0.15, 0.2) is 40.3 Å². The zero-order chi connectivity index (χ0) is 18.6. The number of non-ortho nitro benzene ring substituents is 1. The molecular weight excluding hydrogens is 346 g/mol. The number of hydrogen-bond acceptors (Lipinski definition) is 5. The van der Waals surface area contributed by atoms with Gasteiger partial charge in [0.25, 0.3) is 11.6 Å². The molecule has 0 atom stereocenters. The maximum atomic E-state index is 11.9. The Morgan fingerprint density at radius 2 is 2.12 bits per heavy atom. The number of carbonyl (C=O) groups excluding carboxylic acids is 1. The van der Waals surface area contributed by atoms with Gasteiger partial charge in [0.2, 0.25) is 0 Å². The SMILES string of the molecule is CC(C)NC(=O)/C(C#N)=C/c1ccc(-c2ccc([N+](=O)[O-])cc2Cl)o1. The summed E-state index contributed by atoms with van der Waals surface area (Å²) < 4.78 is 5.58. The van der Waals surface area contributed by atoms with Gasteiger partial charge in [-0.05, 0) is 32.0 Å². The average molecular weight is 360 g/mol. The molecule has 1 N–H and O–H groups in total. The second kappa shape index (κ2) is 7.64. The van der Waals surface area contributed by atoms with Crippen molar-refractivity contribution < 1.29 is 14.1 Å². The summed E-state index contributed by atoms with van der Waals surface area (Å²) in [7, 11) is 0. The van der Waals surface area contributed by atoms with Gasteiger partial charge in [-0.15, -0.1) is 0 Å². The number of nitro benzene ring substituents is 1. The van der Waals surface area contributed by atoms with Crippen LogP contribution < -0.4 is 5.32 Å². The van der Waals surface area contributed by atoms with Crippen LogP contribution >= 0.6 is 11.6 Å². The van der Waals surface area contributed by atoms with Crippen LogP contribution in [-0.2, 0) is 4.79 Å². The van der Waals surface area contributed by atoms with Crippen molar-refractivity contribution in [3.8, 4) is 17.4 Å². The molecule has 0 unspecified atom stereocenters. The van der Waals surface area contributed by atoms with Crippen LogP contribution in [0.1, 0.15) is 19.6 Å². The molecule has 0 spiro atoms. The van der Waals surface area contributed by atoms with E-state index in [1.165, 1.54) is 24.3 Å². The summed E-state index contributed by atoms with van der Waals surface area (Å²) in [6.45, 7) is 3.57. The largest absolute Gasteiger partial charge is 0.457 e. The number of hydrogen-bond donors (Lipinski definition) is 1. The van der Waals surface area contributed by atoms with E-state index in [2.05, 4.69) is 5.32 Å². The summed E-state index contributed by atoms with van der Waals surface area (Å²) in [5.41, 5.74) is 0.249. The minimum atomic E-state index is -0.543. The molecule has 7 nitrogen and oxygen atoms in total. The molecule has 2 rings (SSSR count). The third kappa shape index (κ3) is 4.46. The van der Waals surface area contributed by atoms with Crippen molar-refractivity contribution in [3.05, 3.63) is 56.8 Å². The minimum absolute atomic E-state index is 0.0932. The van der Waals surface area contributed by atoms with Gasteiger partial charge in [-0.2, -0.15) is 5.26 Å². The summed E-state index contributed by atoms with van der Waals surface area (Å²) in [6.07, 6.45) is 1.32. The van der Waals surface area contributed by atoms with E-state index in [1.807, 2.05) is 6.07 Å². The summed E-state index contributed by atoms with van der Waals surface area (Å²) in [4.78, 5) is 22.1. The molecule has 0 bridgehead atoms. The highest BCUT2D eigenvalue weighted by Gasteiger charge is 2.15. The lowest BCUT2D eigenvalue weighted by molar-refractivity contribution is -0.384. The number of nitriles is 1. The number of carbonyl (C=O) groups is 1. The predicted octanol–water partition coefficient (Wildman–Crippen LogP) is 3.94. The Labute approximate surface area is 148 Å². The van der Waals surface area contributed by atoms with Crippen LogP contribution in [0.25, 0.3) is 17.4 Å². The number of benzene rings is 1. The lowest BCUT2D eigenvalue weighted by Crippen LogP contribution is -2.30. The molecule has 2 aromatic rings. The van der Waals surface area contributed by atoms with E-state index in [9.17, 15) is 14.9 Å². The van der Waals surface area contributed by atoms with E-state index < -0.39 is 10.8 Å². The number of amides is 1. The van der Waals surface area contributed by atoms with Crippen molar-refractivity contribution >= 4 is 29.3 Å². The molecule has 0 aliphatic carbocycles. The van der Waals surface area contributed by atoms with Crippen LogP contribution in [0, 0.1) is 21.4 Å². The molecule has 0 radical (unpaired) electrons. The quantitative estimate of drug-likeness (QED) is 0.376. The average Bonchev–Trinajstić information content (AvgIpc) is 2.99. The van der Waals surface area contributed by atoms with Gasteiger partial charge in [0.1, 0.15) is 23.2 Å².